The van der Waals surface area contributed by atoms with Crippen LogP contribution in [0.5, 0.6) is 0 Å². The lowest BCUT2D eigenvalue weighted by atomic mass is 10.1. The average Bonchev–Trinajstić information content (AvgIpc) is 2.27. The molecular formula is C12H26N2O. The lowest BCUT2D eigenvalue weighted by Crippen LogP contribution is -2.41. The van der Waals surface area contributed by atoms with Gasteiger partial charge in [-0.05, 0) is 38.8 Å². The van der Waals surface area contributed by atoms with Crippen LogP contribution in [0.1, 0.15) is 39.0 Å². The Morgan fingerprint density at radius 2 is 2.27 bits per heavy atom. The molecule has 1 saturated heterocycles. The van der Waals surface area contributed by atoms with Gasteiger partial charge in [0.15, 0.2) is 0 Å². The maximum atomic E-state index is 6.01. The fraction of sp³-hybridized carbons (Fsp3) is 1.00. The highest BCUT2D eigenvalue weighted by Crippen LogP contribution is 2.13. The number of ether oxygens (including phenoxy) is 1. The van der Waals surface area contributed by atoms with Crippen LogP contribution in [0.15, 0.2) is 0 Å². The SMILES string of the molecule is CCCC(N)CCN1CCCC(OC)C1. The molecule has 0 spiro atoms. The molecule has 1 fully saturated rings. The summed E-state index contributed by atoms with van der Waals surface area (Å²) >= 11 is 0. The normalized spacial score (nSPS) is 25.4. The fourth-order valence-electron chi connectivity index (χ4n) is 2.27. The predicted molar refractivity (Wildman–Crippen MR) is 64.0 cm³/mol. The van der Waals surface area contributed by atoms with E-state index in [4.69, 9.17) is 10.5 Å². The Bertz CT molecular complexity index is 164. The number of piperidine rings is 1. The van der Waals surface area contributed by atoms with Gasteiger partial charge >= 0.3 is 0 Å². The van der Waals surface area contributed by atoms with Crippen molar-refractivity contribution in [1.29, 1.82) is 0 Å². The lowest BCUT2D eigenvalue weighted by Gasteiger charge is -2.32. The minimum atomic E-state index is 0.387. The first-order valence-corrected chi connectivity index (χ1v) is 6.27. The molecule has 0 aromatic rings. The van der Waals surface area contributed by atoms with Crippen molar-refractivity contribution >= 4 is 0 Å². The average molecular weight is 214 g/mol. The first kappa shape index (κ1) is 12.9. The third-order valence-electron chi connectivity index (χ3n) is 3.27. The van der Waals surface area contributed by atoms with E-state index in [1.807, 2.05) is 7.11 Å². The van der Waals surface area contributed by atoms with E-state index in [-0.39, 0.29) is 0 Å². The van der Waals surface area contributed by atoms with Gasteiger partial charge in [-0.25, -0.2) is 0 Å². The van der Waals surface area contributed by atoms with Crippen LogP contribution >= 0.6 is 0 Å². The van der Waals surface area contributed by atoms with E-state index >= 15 is 0 Å². The summed E-state index contributed by atoms with van der Waals surface area (Å²) in [7, 11) is 1.82. The second-order valence-electron chi connectivity index (χ2n) is 4.64. The molecule has 1 aliphatic rings. The highest BCUT2D eigenvalue weighted by atomic mass is 16.5. The van der Waals surface area contributed by atoms with Crippen molar-refractivity contribution in [2.24, 2.45) is 5.73 Å². The van der Waals surface area contributed by atoms with Crippen molar-refractivity contribution in [3.8, 4) is 0 Å². The fourth-order valence-corrected chi connectivity index (χ4v) is 2.27. The molecule has 3 nitrogen and oxygen atoms in total. The summed E-state index contributed by atoms with van der Waals surface area (Å²) in [6, 6.07) is 0.387. The summed E-state index contributed by atoms with van der Waals surface area (Å²) in [6.07, 6.45) is 6.41. The van der Waals surface area contributed by atoms with Gasteiger partial charge in [0.2, 0.25) is 0 Å². The summed E-state index contributed by atoms with van der Waals surface area (Å²) in [5.41, 5.74) is 6.01. The zero-order valence-electron chi connectivity index (χ0n) is 10.2. The second kappa shape index (κ2) is 7.20. The predicted octanol–water partition coefficient (Wildman–Crippen LogP) is 1.61. The van der Waals surface area contributed by atoms with Gasteiger partial charge in [0.1, 0.15) is 0 Å². The quantitative estimate of drug-likeness (QED) is 0.730. The van der Waals surface area contributed by atoms with Crippen molar-refractivity contribution in [2.75, 3.05) is 26.7 Å². The molecule has 0 bridgehead atoms. The maximum absolute atomic E-state index is 6.01. The summed E-state index contributed by atoms with van der Waals surface area (Å²) in [5, 5.41) is 0. The monoisotopic (exact) mass is 214 g/mol. The number of likely N-dealkylation sites (tertiary alicyclic amines) is 1. The molecule has 1 rings (SSSR count). The standard InChI is InChI=1S/C12H26N2O/c1-3-5-11(13)7-9-14-8-4-6-12(10-14)15-2/h11-12H,3-10,13H2,1-2H3. The lowest BCUT2D eigenvalue weighted by molar-refractivity contribution is 0.0304. The molecule has 0 amide bonds. The van der Waals surface area contributed by atoms with Crippen LogP contribution < -0.4 is 5.73 Å². The van der Waals surface area contributed by atoms with Gasteiger partial charge in [-0.1, -0.05) is 13.3 Å². The molecule has 1 heterocycles. The van der Waals surface area contributed by atoms with Gasteiger partial charge in [-0.3, -0.25) is 0 Å². The van der Waals surface area contributed by atoms with Gasteiger partial charge in [-0.2, -0.15) is 0 Å². The van der Waals surface area contributed by atoms with Crippen molar-refractivity contribution in [2.45, 2.75) is 51.2 Å². The molecule has 3 heteroatoms. The smallest absolute Gasteiger partial charge is 0.0698 e. The van der Waals surface area contributed by atoms with Crippen LogP contribution in [0.4, 0.5) is 0 Å². The van der Waals surface area contributed by atoms with Gasteiger partial charge in [0, 0.05) is 19.7 Å². The number of nitrogens with two attached hydrogens (primary N) is 1. The van der Waals surface area contributed by atoms with E-state index in [1.165, 1.54) is 25.8 Å². The minimum Gasteiger partial charge on any atom is -0.380 e. The van der Waals surface area contributed by atoms with Crippen LogP contribution in [0.25, 0.3) is 0 Å². The zero-order chi connectivity index (χ0) is 11.1. The van der Waals surface area contributed by atoms with E-state index in [0.29, 0.717) is 12.1 Å². The molecule has 2 N–H and O–H groups in total. The van der Waals surface area contributed by atoms with Crippen molar-refractivity contribution in [1.82, 2.24) is 4.90 Å². The van der Waals surface area contributed by atoms with Gasteiger partial charge < -0.3 is 15.4 Å². The summed E-state index contributed by atoms with van der Waals surface area (Å²) in [5.74, 6) is 0. The Kier molecular flexibility index (Phi) is 6.22. The highest BCUT2D eigenvalue weighted by Gasteiger charge is 2.19. The Morgan fingerprint density at radius 3 is 2.93 bits per heavy atom. The first-order valence-electron chi connectivity index (χ1n) is 6.27. The second-order valence-corrected chi connectivity index (χ2v) is 4.64. The molecule has 0 radical (unpaired) electrons. The van der Waals surface area contributed by atoms with E-state index in [2.05, 4.69) is 11.8 Å². The van der Waals surface area contributed by atoms with Crippen molar-refractivity contribution in [3.63, 3.8) is 0 Å². The van der Waals surface area contributed by atoms with Crippen LogP contribution in [-0.2, 0) is 4.74 Å². The minimum absolute atomic E-state index is 0.387. The Morgan fingerprint density at radius 1 is 1.47 bits per heavy atom. The van der Waals surface area contributed by atoms with E-state index in [0.717, 1.165) is 25.9 Å². The summed E-state index contributed by atoms with van der Waals surface area (Å²) in [4.78, 5) is 2.49. The van der Waals surface area contributed by atoms with Gasteiger partial charge in [-0.15, -0.1) is 0 Å². The molecular weight excluding hydrogens is 188 g/mol. The number of methoxy groups -OCH3 is 1. The molecule has 15 heavy (non-hydrogen) atoms. The van der Waals surface area contributed by atoms with Crippen LogP contribution in [-0.4, -0.2) is 43.8 Å². The largest absolute Gasteiger partial charge is 0.380 e. The highest BCUT2D eigenvalue weighted by molar-refractivity contribution is 4.74. The molecule has 0 aromatic heterocycles. The third-order valence-corrected chi connectivity index (χ3v) is 3.27. The third kappa shape index (κ3) is 4.96. The zero-order valence-corrected chi connectivity index (χ0v) is 10.2. The van der Waals surface area contributed by atoms with Crippen molar-refractivity contribution in [3.05, 3.63) is 0 Å². The summed E-state index contributed by atoms with van der Waals surface area (Å²) in [6.45, 7) is 5.65. The van der Waals surface area contributed by atoms with Crippen LogP contribution in [0, 0.1) is 0 Å². The Labute approximate surface area is 94.0 Å². The molecule has 2 unspecified atom stereocenters. The topological polar surface area (TPSA) is 38.5 Å². The maximum Gasteiger partial charge on any atom is 0.0698 e. The number of hydrogen-bond donors (Lipinski definition) is 1. The van der Waals surface area contributed by atoms with Gasteiger partial charge in [0.25, 0.3) is 0 Å². The number of hydrogen-bond acceptors (Lipinski definition) is 3. The molecule has 0 aromatic carbocycles. The number of rotatable bonds is 6. The van der Waals surface area contributed by atoms with E-state index in [9.17, 15) is 0 Å². The molecule has 2 atom stereocenters. The Balaban J connectivity index is 2.14. The van der Waals surface area contributed by atoms with Crippen LogP contribution in [0.2, 0.25) is 0 Å². The molecule has 90 valence electrons. The number of nitrogens with zero attached hydrogens (tertiary/aromatic N) is 1. The van der Waals surface area contributed by atoms with Gasteiger partial charge in [0.05, 0.1) is 6.10 Å². The molecule has 0 aliphatic carbocycles. The molecule has 0 saturated carbocycles. The Hall–Kier alpha value is -0.120. The van der Waals surface area contributed by atoms with E-state index in [1.54, 1.807) is 0 Å². The van der Waals surface area contributed by atoms with Crippen molar-refractivity contribution < 1.29 is 4.74 Å². The summed E-state index contributed by atoms with van der Waals surface area (Å²) < 4.78 is 5.40. The van der Waals surface area contributed by atoms with E-state index < -0.39 is 0 Å². The first-order chi connectivity index (χ1) is 7.26. The molecule has 1 aliphatic heterocycles. The van der Waals surface area contributed by atoms with Crippen LogP contribution in [0.3, 0.4) is 0 Å².